The first-order chi connectivity index (χ1) is 10.6. The summed E-state index contributed by atoms with van der Waals surface area (Å²) in [7, 11) is 0. The number of halogens is 3. The van der Waals surface area contributed by atoms with E-state index in [2.05, 4.69) is 5.32 Å². The quantitative estimate of drug-likeness (QED) is 0.842. The zero-order chi connectivity index (χ0) is 15.5. The minimum atomic E-state index is 0. The molecular formula is C17H23Cl3N2O. The van der Waals surface area contributed by atoms with Gasteiger partial charge in [0.15, 0.2) is 0 Å². The summed E-state index contributed by atoms with van der Waals surface area (Å²) in [5.41, 5.74) is 0.924. The lowest BCUT2D eigenvalue weighted by atomic mass is 10.0. The summed E-state index contributed by atoms with van der Waals surface area (Å²) in [5.74, 6) is 1.09. The topological polar surface area (TPSA) is 32.3 Å². The van der Waals surface area contributed by atoms with E-state index in [0.717, 1.165) is 44.0 Å². The molecule has 1 amide bonds. The summed E-state index contributed by atoms with van der Waals surface area (Å²) in [6.07, 6.45) is 5.28. The number of nitrogens with one attached hydrogen (secondary N) is 1. The fourth-order valence-corrected chi connectivity index (χ4v) is 3.25. The van der Waals surface area contributed by atoms with E-state index in [-0.39, 0.29) is 18.3 Å². The average molecular weight is 378 g/mol. The fraction of sp³-hybridized carbons (Fsp3) is 0.588. The molecule has 1 N–H and O–H groups in total. The highest BCUT2D eigenvalue weighted by molar-refractivity contribution is 6.42. The molecule has 1 aliphatic heterocycles. The van der Waals surface area contributed by atoms with E-state index in [1.165, 1.54) is 12.8 Å². The number of amides is 1. The van der Waals surface area contributed by atoms with Crippen LogP contribution in [0.2, 0.25) is 10.0 Å². The van der Waals surface area contributed by atoms with E-state index >= 15 is 0 Å². The van der Waals surface area contributed by atoms with E-state index < -0.39 is 0 Å². The largest absolute Gasteiger partial charge is 0.342 e. The Morgan fingerprint density at radius 1 is 1.13 bits per heavy atom. The number of piperidine rings is 1. The van der Waals surface area contributed by atoms with Crippen LogP contribution in [0, 0.1) is 5.92 Å². The molecule has 3 rings (SSSR count). The molecule has 0 spiro atoms. The summed E-state index contributed by atoms with van der Waals surface area (Å²) in [6.45, 7) is 2.85. The lowest BCUT2D eigenvalue weighted by Crippen LogP contribution is -2.45. The second kappa shape index (κ2) is 8.57. The Morgan fingerprint density at radius 2 is 1.83 bits per heavy atom. The van der Waals surface area contributed by atoms with Gasteiger partial charge in [0, 0.05) is 19.1 Å². The highest BCUT2D eigenvalue weighted by Crippen LogP contribution is 2.28. The molecule has 0 atom stereocenters. The van der Waals surface area contributed by atoms with Gasteiger partial charge in [-0.05, 0) is 55.8 Å². The van der Waals surface area contributed by atoms with Crippen molar-refractivity contribution in [2.45, 2.75) is 38.1 Å². The minimum absolute atomic E-state index is 0. The lowest BCUT2D eigenvalue weighted by Gasteiger charge is -2.32. The zero-order valence-electron chi connectivity index (χ0n) is 13.1. The summed E-state index contributed by atoms with van der Waals surface area (Å²) in [4.78, 5) is 14.3. The van der Waals surface area contributed by atoms with Crippen LogP contribution in [0.4, 0.5) is 0 Å². The average Bonchev–Trinajstić information content (AvgIpc) is 3.34. The predicted octanol–water partition coefficient (Wildman–Crippen LogP) is 3.95. The zero-order valence-corrected chi connectivity index (χ0v) is 15.4. The lowest BCUT2D eigenvalue weighted by molar-refractivity contribution is -0.131. The van der Waals surface area contributed by atoms with Crippen molar-refractivity contribution in [2.24, 2.45) is 5.92 Å². The van der Waals surface area contributed by atoms with E-state index in [1.54, 1.807) is 12.1 Å². The molecule has 0 bridgehead atoms. The van der Waals surface area contributed by atoms with Gasteiger partial charge in [-0.25, -0.2) is 0 Å². The molecule has 128 valence electrons. The third-order valence-corrected chi connectivity index (χ3v) is 5.32. The van der Waals surface area contributed by atoms with Crippen molar-refractivity contribution >= 4 is 41.5 Å². The Kier molecular flexibility index (Phi) is 7.02. The highest BCUT2D eigenvalue weighted by Gasteiger charge is 2.25. The van der Waals surface area contributed by atoms with Crippen molar-refractivity contribution in [3.63, 3.8) is 0 Å². The van der Waals surface area contributed by atoms with Gasteiger partial charge >= 0.3 is 0 Å². The van der Waals surface area contributed by atoms with Crippen molar-refractivity contribution in [1.82, 2.24) is 10.2 Å². The summed E-state index contributed by atoms with van der Waals surface area (Å²) < 4.78 is 0. The third-order valence-electron chi connectivity index (χ3n) is 4.58. The van der Waals surface area contributed by atoms with Crippen molar-refractivity contribution in [3.8, 4) is 0 Å². The Hall–Kier alpha value is -0.480. The molecule has 1 aromatic carbocycles. The van der Waals surface area contributed by atoms with E-state index in [1.807, 2.05) is 11.0 Å². The Morgan fingerprint density at radius 3 is 2.43 bits per heavy atom. The van der Waals surface area contributed by atoms with Gasteiger partial charge in [-0.3, -0.25) is 4.79 Å². The molecular weight excluding hydrogens is 355 g/mol. The van der Waals surface area contributed by atoms with E-state index in [9.17, 15) is 4.79 Å². The number of hydrogen-bond acceptors (Lipinski definition) is 2. The van der Waals surface area contributed by atoms with Crippen molar-refractivity contribution in [1.29, 1.82) is 0 Å². The summed E-state index contributed by atoms with van der Waals surface area (Å²) >= 11 is 11.9. The van der Waals surface area contributed by atoms with Crippen LogP contribution in [-0.4, -0.2) is 36.5 Å². The van der Waals surface area contributed by atoms with E-state index in [0.29, 0.717) is 22.5 Å². The molecule has 1 saturated carbocycles. The first-order valence-electron chi connectivity index (χ1n) is 8.07. The molecule has 0 unspecified atom stereocenters. The molecule has 2 aliphatic rings. The van der Waals surface area contributed by atoms with Gasteiger partial charge in [-0.2, -0.15) is 0 Å². The molecule has 6 heteroatoms. The first kappa shape index (κ1) is 18.9. The predicted molar refractivity (Wildman–Crippen MR) is 97.7 cm³/mol. The molecule has 0 aromatic heterocycles. The van der Waals surface area contributed by atoms with Crippen molar-refractivity contribution < 1.29 is 4.79 Å². The second-order valence-electron chi connectivity index (χ2n) is 6.43. The maximum absolute atomic E-state index is 12.4. The number of carbonyl (C=O) groups is 1. The van der Waals surface area contributed by atoms with Gasteiger partial charge in [0.2, 0.25) is 5.91 Å². The Bertz CT molecular complexity index is 541. The van der Waals surface area contributed by atoms with Crippen LogP contribution in [0.3, 0.4) is 0 Å². The molecule has 0 radical (unpaired) electrons. The number of benzene rings is 1. The fourth-order valence-electron chi connectivity index (χ4n) is 2.92. The number of hydrogen-bond donors (Lipinski definition) is 1. The number of likely N-dealkylation sites (tertiary alicyclic amines) is 1. The van der Waals surface area contributed by atoms with Crippen molar-refractivity contribution in [3.05, 3.63) is 33.8 Å². The van der Waals surface area contributed by atoms with Crippen molar-refractivity contribution in [2.75, 3.05) is 19.6 Å². The number of nitrogens with zero attached hydrogens (tertiary/aromatic N) is 1. The van der Waals surface area contributed by atoms with Crippen LogP contribution in [0.25, 0.3) is 0 Å². The van der Waals surface area contributed by atoms with Gasteiger partial charge < -0.3 is 10.2 Å². The third kappa shape index (κ3) is 5.53. The maximum Gasteiger partial charge on any atom is 0.226 e. The molecule has 1 aliphatic carbocycles. The van der Waals surface area contributed by atoms with Crippen LogP contribution < -0.4 is 5.32 Å². The standard InChI is InChI=1S/C17H22Cl2N2O.ClH/c18-15-4-3-13(9-16(15)19)10-17(22)21-7-5-14(6-8-21)20-11-12-1-2-12;/h3-4,9,12,14,20H,1-2,5-8,10-11H2;1H. The van der Waals surface area contributed by atoms with Gasteiger partial charge in [0.25, 0.3) is 0 Å². The maximum atomic E-state index is 12.4. The van der Waals surface area contributed by atoms with Crippen LogP contribution in [0.15, 0.2) is 18.2 Å². The molecule has 23 heavy (non-hydrogen) atoms. The van der Waals surface area contributed by atoms with Gasteiger partial charge in [-0.15, -0.1) is 12.4 Å². The Labute approximate surface area is 154 Å². The first-order valence-corrected chi connectivity index (χ1v) is 8.82. The van der Waals surface area contributed by atoms with Gasteiger partial charge in [0.1, 0.15) is 0 Å². The van der Waals surface area contributed by atoms with Crippen LogP contribution in [-0.2, 0) is 11.2 Å². The monoisotopic (exact) mass is 376 g/mol. The summed E-state index contributed by atoms with van der Waals surface area (Å²) in [5, 5.41) is 4.67. The Balaban J connectivity index is 0.00000192. The smallest absolute Gasteiger partial charge is 0.226 e. The van der Waals surface area contributed by atoms with Crippen LogP contribution in [0.1, 0.15) is 31.2 Å². The second-order valence-corrected chi connectivity index (χ2v) is 7.25. The molecule has 1 heterocycles. The molecule has 3 nitrogen and oxygen atoms in total. The minimum Gasteiger partial charge on any atom is -0.342 e. The van der Waals surface area contributed by atoms with Crippen LogP contribution in [0.5, 0.6) is 0 Å². The SMILES string of the molecule is Cl.O=C(Cc1ccc(Cl)c(Cl)c1)N1CCC(NCC2CC2)CC1. The highest BCUT2D eigenvalue weighted by atomic mass is 35.5. The normalized spacial score (nSPS) is 18.6. The summed E-state index contributed by atoms with van der Waals surface area (Å²) in [6, 6.07) is 5.98. The van der Waals surface area contributed by atoms with Gasteiger partial charge in [0.05, 0.1) is 16.5 Å². The van der Waals surface area contributed by atoms with E-state index in [4.69, 9.17) is 23.2 Å². The van der Waals surface area contributed by atoms with Crippen LogP contribution >= 0.6 is 35.6 Å². The number of carbonyl (C=O) groups excluding carboxylic acids is 1. The number of rotatable bonds is 5. The molecule has 1 saturated heterocycles. The molecule has 2 fully saturated rings. The van der Waals surface area contributed by atoms with Gasteiger partial charge in [-0.1, -0.05) is 29.3 Å². The molecule has 1 aromatic rings.